The highest BCUT2D eigenvalue weighted by Gasteiger charge is 2.20. The molecule has 0 fully saturated rings. The quantitative estimate of drug-likeness (QED) is 0.599. The molecule has 2 rings (SSSR count). The van der Waals surface area contributed by atoms with E-state index in [9.17, 15) is 10.1 Å². The van der Waals surface area contributed by atoms with Crippen molar-refractivity contribution in [2.24, 2.45) is 7.05 Å². The van der Waals surface area contributed by atoms with Gasteiger partial charge in [-0.2, -0.15) is 0 Å². The zero-order valence-electron chi connectivity index (χ0n) is 8.49. The van der Waals surface area contributed by atoms with E-state index in [0.717, 1.165) is 0 Å². The molecular weight excluding hydrogens is 210 g/mol. The van der Waals surface area contributed by atoms with E-state index in [1.807, 2.05) is 0 Å². The standard InChI is InChI=1S/C9H9N5O2/c1-13-5-4-11-9(13)8-6(14(15)16)2-3-7(10)12-8/h2-5H,1H3,(H2,10,12). The molecule has 2 N–H and O–H groups in total. The summed E-state index contributed by atoms with van der Waals surface area (Å²) in [6, 6.07) is 2.72. The van der Waals surface area contributed by atoms with Gasteiger partial charge in [0.1, 0.15) is 5.82 Å². The highest BCUT2D eigenvalue weighted by molar-refractivity contribution is 5.65. The van der Waals surface area contributed by atoms with Crippen LogP contribution in [0.25, 0.3) is 11.5 Å². The van der Waals surface area contributed by atoms with Crippen molar-refractivity contribution < 1.29 is 4.92 Å². The molecular formula is C9H9N5O2. The van der Waals surface area contributed by atoms with Crippen LogP contribution in [0, 0.1) is 10.1 Å². The molecule has 2 heterocycles. The highest BCUT2D eigenvalue weighted by Crippen LogP contribution is 2.26. The van der Waals surface area contributed by atoms with Gasteiger partial charge in [0.25, 0.3) is 5.69 Å². The lowest BCUT2D eigenvalue weighted by atomic mass is 10.3. The lowest BCUT2D eigenvalue weighted by Crippen LogP contribution is -2.01. The molecule has 82 valence electrons. The Bertz CT molecular complexity index is 549. The fourth-order valence-electron chi connectivity index (χ4n) is 1.37. The summed E-state index contributed by atoms with van der Waals surface area (Å²) in [4.78, 5) is 18.3. The zero-order valence-corrected chi connectivity index (χ0v) is 8.49. The summed E-state index contributed by atoms with van der Waals surface area (Å²) in [6.07, 6.45) is 3.23. The lowest BCUT2D eigenvalue weighted by molar-refractivity contribution is -0.384. The fraction of sp³-hybridized carbons (Fsp3) is 0.111. The second-order valence-electron chi connectivity index (χ2n) is 3.22. The van der Waals surface area contributed by atoms with Crippen LogP contribution < -0.4 is 5.73 Å². The van der Waals surface area contributed by atoms with Crippen molar-refractivity contribution in [3.8, 4) is 11.5 Å². The van der Waals surface area contributed by atoms with Gasteiger partial charge in [-0.25, -0.2) is 9.97 Å². The van der Waals surface area contributed by atoms with Crippen LogP contribution in [0.1, 0.15) is 0 Å². The summed E-state index contributed by atoms with van der Waals surface area (Å²) in [5.74, 6) is 0.641. The number of hydrogen-bond donors (Lipinski definition) is 1. The van der Waals surface area contributed by atoms with Crippen LogP contribution in [0.15, 0.2) is 24.5 Å². The number of rotatable bonds is 2. The number of nitro groups is 1. The van der Waals surface area contributed by atoms with Crippen molar-refractivity contribution in [2.45, 2.75) is 0 Å². The number of nitrogens with two attached hydrogens (primary N) is 1. The average Bonchev–Trinajstić information content (AvgIpc) is 2.63. The van der Waals surface area contributed by atoms with Crippen molar-refractivity contribution in [1.29, 1.82) is 0 Å². The summed E-state index contributed by atoms with van der Waals surface area (Å²) >= 11 is 0. The molecule has 16 heavy (non-hydrogen) atoms. The number of nitrogens with zero attached hydrogens (tertiary/aromatic N) is 4. The van der Waals surface area contributed by atoms with Gasteiger partial charge in [-0.05, 0) is 6.07 Å². The first-order valence-corrected chi connectivity index (χ1v) is 4.48. The molecule has 7 nitrogen and oxygen atoms in total. The molecule has 0 bridgehead atoms. The second kappa shape index (κ2) is 3.61. The summed E-state index contributed by atoms with van der Waals surface area (Å²) in [6.45, 7) is 0. The van der Waals surface area contributed by atoms with Crippen LogP contribution in [0.5, 0.6) is 0 Å². The van der Waals surface area contributed by atoms with Crippen molar-refractivity contribution in [3.63, 3.8) is 0 Å². The van der Waals surface area contributed by atoms with Gasteiger partial charge in [0, 0.05) is 25.5 Å². The number of aromatic nitrogens is 3. The fourth-order valence-corrected chi connectivity index (χ4v) is 1.37. The molecule has 0 atom stereocenters. The number of aryl methyl sites for hydroxylation is 1. The molecule has 0 spiro atoms. The average molecular weight is 219 g/mol. The van der Waals surface area contributed by atoms with E-state index in [0.29, 0.717) is 5.82 Å². The molecule has 0 aliphatic heterocycles. The van der Waals surface area contributed by atoms with Gasteiger partial charge in [-0.1, -0.05) is 0 Å². The van der Waals surface area contributed by atoms with Crippen LogP contribution in [-0.4, -0.2) is 19.5 Å². The Morgan fingerprint density at radius 1 is 1.50 bits per heavy atom. The topological polar surface area (TPSA) is 99.9 Å². The maximum Gasteiger partial charge on any atom is 0.298 e. The summed E-state index contributed by atoms with van der Waals surface area (Å²) in [5.41, 5.74) is 5.58. The molecule has 2 aromatic heterocycles. The van der Waals surface area contributed by atoms with E-state index in [1.165, 1.54) is 12.1 Å². The first-order valence-electron chi connectivity index (χ1n) is 4.48. The highest BCUT2D eigenvalue weighted by atomic mass is 16.6. The maximum atomic E-state index is 10.8. The molecule has 0 amide bonds. The van der Waals surface area contributed by atoms with Gasteiger partial charge in [-0.3, -0.25) is 10.1 Å². The number of nitrogen functional groups attached to an aromatic ring is 1. The summed E-state index contributed by atoms with van der Waals surface area (Å²) in [7, 11) is 1.73. The van der Waals surface area contributed by atoms with E-state index >= 15 is 0 Å². The van der Waals surface area contributed by atoms with Crippen molar-refractivity contribution >= 4 is 11.5 Å². The van der Waals surface area contributed by atoms with E-state index in [4.69, 9.17) is 5.73 Å². The Hall–Kier alpha value is -2.44. The summed E-state index contributed by atoms with van der Waals surface area (Å²) < 4.78 is 1.65. The minimum absolute atomic E-state index is 0.108. The monoisotopic (exact) mass is 219 g/mol. The summed E-state index contributed by atoms with van der Waals surface area (Å²) in [5, 5.41) is 10.8. The van der Waals surface area contributed by atoms with Crippen LogP contribution in [0.4, 0.5) is 11.5 Å². The van der Waals surface area contributed by atoms with Gasteiger partial charge < -0.3 is 10.3 Å². The van der Waals surface area contributed by atoms with Crippen LogP contribution in [0.2, 0.25) is 0 Å². The molecule has 7 heteroatoms. The molecule has 0 aliphatic carbocycles. The van der Waals surface area contributed by atoms with E-state index in [2.05, 4.69) is 9.97 Å². The smallest absolute Gasteiger partial charge is 0.298 e. The van der Waals surface area contributed by atoms with E-state index < -0.39 is 4.92 Å². The molecule has 0 saturated carbocycles. The number of anilines is 1. The third kappa shape index (κ3) is 1.58. The third-order valence-electron chi connectivity index (χ3n) is 2.13. The van der Waals surface area contributed by atoms with Crippen LogP contribution >= 0.6 is 0 Å². The second-order valence-corrected chi connectivity index (χ2v) is 3.22. The van der Waals surface area contributed by atoms with Gasteiger partial charge in [0.2, 0.25) is 0 Å². The minimum atomic E-state index is -0.504. The molecule has 2 aromatic rings. The van der Waals surface area contributed by atoms with Crippen molar-refractivity contribution in [2.75, 3.05) is 5.73 Å². The lowest BCUT2D eigenvalue weighted by Gasteiger charge is -2.03. The SMILES string of the molecule is Cn1ccnc1-c1nc(N)ccc1[N+](=O)[O-]. The van der Waals surface area contributed by atoms with Crippen LogP contribution in [-0.2, 0) is 7.05 Å². The Balaban J connectivity index is 2.67. The molecule has 0 radical (unpaired) electrons. The Labute approximate surface area is 90.7 Å². The predicted molar refractivity (Wildman–Crippen MR) is 57.5 cm³/mol. The first kappa shape index (κ1) is 10.1. The molecule has 0 aromatic carbocycles. The maximum absolute atomic E-state index is 10.8. The van der Waals surface area contributed by atoms with Gasteiger partial charge in [-0.15, -0.1) is 0 Å². The van der Waals surface area contributed by atoms with Crippen molar-refractivity contribution in [3.05, 3.63) is 34.6 Å². The van der Waals surface area contributed by atoms with Crippen molar-refractivity contribution in [1.82, 2.24) is 14.5 Å². The Morgan fingerprint density at radius 2 is 2.25 bits per heavy atom. The Morgan fingerprint density at radius 3 is 2.81 bits per heavy atom. The minimum Gasteiger partial charge on any atom is -0.384 e. The molecule has 0 saturated heterocycles. The third-order valence-corrected chi connectivity index (χ3v) is 2.13. The number of imidazole rings is 1. The Kier molecular flexibility index (Phi) is 2.28. The normalized spacial score (nSPS) is 10.3. The van der Waals surface area contributed by atoms with Gasteiger partial charge in [0.15, 0.2) is 11.5 Å². The number of hydrogen-bond acceptors (Lipinski definition) is 5. The van der Waals surface area contributed by atoms with Crippen LogP contribution in [0.3, 0.4) is 0 Å². The zero-order chi connectivity index (χ0) is 11.7. The van der Waals surface area contributed by atoms with Gasteiger partial charge in [0.05, 0.1) is 4.92 Å². The molecule has 0 unspecified atom stereocenters. The first-order chi connectivity index (χ1) is 7.59. The van der Waals surface area contributed by atoms with E-state index in [-0.39, 0.29) is 17.2 Å². The largest absolute Gasteiger partial charge is 0.384 e. The number of pyridine rings is 1. The predicted octanol–water partition coefficient (Wildman–Crippen LogP) is 0.972. The molecule has 0 aliphatic rings. The van der Waals surface area contributed by atoms with Gasteiger partial charge >= 0.3 is 0 Å². The van der Waals surface area contributed by atoms with E-state index in [1.54, 1.807) is 24.0 Å².